The number of carbonyl (C=O) groups is 1. The van der Waals surface area contributed by atoms with E-state index in [1.807, 2.05) is 0 Å². The summed E-state index contributed by atoms with van der Waals surface area (Å²) >= 11 is 6.54. The second-order valence-electron chi connectivity index (χ2n) is 3.32. The molecule has 9 heteroatoms. The first kappa shape index (κ1) is 12.5. The highest BCUT2D eigenvalue weighted by atomic mass is 35.5. The molecule has 2 rings (SSSR count). The van der Waals surface area contributed by atoms with E-state index >= 15 is 0 Å². The number of aryl methyl sites for hydroxylation is 1. The molecule has 7 nitrogen and oxygen atoms in total. The third-order valence-corrected chi connectivity index (χ3v) is 3.49. The van der Waals surface area contributed by atoms with Crippen LogP contribution in [0.25, 0.3) is 0 Å². The molecule has 18 heavy (non-hydrogen) atoms. The molecular formula is C9H7ClN4O3S. The number of anilines is 1. The second kappa shape index (κ2) is 4.75. The van der Waals surface area contributed by atoms with E-state index in [0.717, 1.165) is 17.4 Å². The Bertz CT molecular complexity index is 621. The van der Waals surface area contributed by atoms with Gasteiger partial charge in [0.2, 0.25) is 0 Å². The minimum Gasteiger partial charge on any atom is -0.306 e. The monoisotopic (exact) mass is 286 g/mol. The number of halogens is 1. The van der Waals surface area contributed by atoms with Gasteiger partial charge in [-0.3, -0.25) is 19.6 Å². The summed E-state index contributed by atoms with van der Waals surface area (Å²) in [5.41, 5.74) is -0.267. The number of hydrogen-bond acceptors (Lipinski definition) is 5. The normalized spacial score (nSPS) is 10.3. The van der Waals surface area contributed by atoms with Crippen LogP contribution in [-0.4, -0.2) is 20.6 Å². The Balaban J connectivity index is 2.22. The fourth-order valence-electron chi connectivity index (χ4n) is 1.27. The molecule has 0 aliphatic carbocycles. The summed E-state index contributed by atoms with van der Waals surface area (Å²) < 4.78 is 1.46. The van der Waals surface area contributed by atoms with Gasteiger partial charge in [-0.2, -0.15) is 5.10 Å². The molecule has 0 unspecified atom stereocenters. The van der Waals surface area contributed by atoms with Gasteiger partial charge in [0.05, 0.1) is 11.1 Å². The maximum absolute atomic E-state index is 11.8. The van der Waals surface area contributed by atoms with Crippen LogP contribution in [0.15, 0.2) is 18.3 Å². The first-order valence-electron chi connectivity index (χ1n) is 4.72. The van der Waals surface area contributed by atoms with Gasteiger partial charge in [-0.15, -0.1) is 11.3 Å². The van der Waals surface area contributed by atoms with Crippen LogP contribution in [-0.2, 0) is 7.05 Å². The van der Waals surface area contributed by atoms with Crippen molar-refractivity contribution in [3.63, 3.8) is 0 Å². The van der Waals surface area contributed by atoms with Crippen molar-refractivity contribution in [3.8, 4) is 0 Å². The predicted molar refractivity (Wildman–Crippen MR) is 67.1 cm³/mol. The van der Waals surface area contributed by atoms with Crippen LogP contribution >= 0.6 is 22.9 Å². The molecular weight excluding hydrogens is 280 g/mol. The Kier molecular flexibility index (Phi) is 3.30. The standard InChI is InChI=1S/C9H7ClN4O3S/c1-13-7(2-3-11-13)12-9(15)6-4-5(14(16)17)8(10)18-6/h2-4H,1H3,(H,12,15). The van der Waals surface area contributed by atoms with E-state index in [9.17, 15) is 14.9 Å². The SMILES string of the molecule is Cn1nccc1NC(=O)c1cc([N+](=O)[O-])c(Cl)s1. The quantitative estimate of drug-likeness (QED) is 0.692. The lowest BCUT2D eigenvalue weighted by atomic mass is 10.4. The molecule has 0 aromatic carbocycles. The van der Waals surface area contributed by atoms with Crippen molar-refractivity contribution in [2.24, 2.45) is 7.05 Å². The molecule has 0 spiro atoms. The zero-order valence-electron chi connectivity index (χ0n) is 9.08. The highest BCUT2D eigenvalue weighted by molar-refractivity contribution is 7.18. The minimum atomic E-state index is -0.625. The Morgan fingerprint density at radius 1 is 1.67 bits per heavy atom. The summed E-state index contributed by atoms with van der Waals surface area (Å²) in [5, 5.41) is 17.1. The van der Waals surface area contributed by atoms with Crippen LogP contribution in [0.4, 0.5) is 11.5 Å². The van der Waals surface area contributed by atoms with Crippen molar-refractivity contribution in [1.82, 2.24) is 9.78 Å². The lowest BCUT2D eigenvalue weighted by molar-refractivity contribution is -0.384. The third kappa shape index (κ3) is 2.34. The summed E-state index contributed by atoms with van der Waals surface area (Å²) in [4.78, 5) is 22.0. The van der Waals surface area contributed by atoms with E-state index in [1.165, 1.54) is 10.9 Å². The van der Waals surface area contributed by atoms with Gasteiger partial charge < -0.3 is 5.32 Å². The lowest BCUT2D eigenvalue weighted by Gasteiger charge is -2.02. The molecule has 2 heterocycles. The zero-order chi connectivity index (χ0) is 13.3. The lowest BCUT2D eigenvalue weighted by Crippen LogP contribution is -2.13. The highest BCUT2D eigenvalue weighted by Crippen LogP contribution is 2.33. The van der Waals surface area contributed by atoms with Crippen molar-refractivity contribution in [2.45, 2.75) is 0 Å². The highest BCUT2D eigenvalue weighted by Gasteiger charge is 2.21. The minimum absolute atomic E-state index is 0.0184. The number of nitro groups is 1. The number of amides is 1. The molecule has 0 aliphatic heterocycles. The molecule has 0 saturated carbocycles. The van der Waals surface area contributed by atoms with Crippen LogP contribution in [0.5, 0.6) is 0 Å². The first-order valence-corrected chi connectivity index (χ1v) is 5.91. The molecule has 0 bridgehead atoms. The van der Waals surface area contributed by atoms with E-state index in [4.69, 9.17) is 11.6 Å². The van der Waals surface area contributed by atoms with Gasteiger partial charge in [0.1, 0.15) is 10.7 Å². The zero-order valence-corrected chi connectivity index (χ0v) is 10.7. The number of nitrogens with one attached hydrogen (secondary N) is 1. The molecule has 1 N–H and O–H groups in total. The van der Waals surface area contributed by atoms with Crippen LogP contribution in [0, 0.1) is 10.1 Å². The summed E-state index contributed by atoms with van der Waals surface area (Å²) in [6.07, 6.45) is 1.53. The van der Waals surface area contributed by atoms with Crippen molar-refractivity contribution in [1.29, 1.82) is 0 Å². The van der Waals surface area contributed by atoms with Gasteiger partial charge in [-0.05, 0) is 0 Å². The van der Waals surface area contributed by atoms with Crippen LogP contribution < -0.4 is 5.32 Å². The number of hydrogen-bond donors (Lipinski definition) is 1. The molecule has 2 aromatic heterocycles. The largest absolute Gasteiger partial charge is 0.306 e. The third-order valence-electron chi connectivity index (χ3n) is 2.15. The number of aromatic nitrogens is 2. The summed E-state index contributed by atoms with van der Waals surface area (Å²) in [7, 11) is 1.67. The predicted octanol–water partition coefficient (Wildman–Crippen LogP) is 2.30. The molecule has 0 saturated heterocycles. The van der Waals surface area contributed by atoms with E-state index in [-0.39, 0.29) is 14.9 Å². The van der Waals surface area contributed by atoms with Crippen LogP contribution in [0.1, 0.15) is 9.67 Å². The van der Waals surface area contributed by atoms with Crippen molar-refractivity contribution in [2.75, 3.05) is 5.32 Å². The number of nitrogens with zero attached hydrogens (tertiary/aromatic N) is 3. The summed E-state index contributed by atoms with van der Waals surface area (Å²) in [6.45, 7) is 0. The van der Waals surface area contributed by atoms with E-state index in [2.05, 4.69) is 10.4 Å². The summed E-state index contributed by atoms with van der Waals surface area (Å²) in [6, 6.07) is 2.76. The molecule has 0 aliphatic rings. The molecule has 0 fully saturated rings. The molecule has 1 amide bonds. The van der Waals surface area contributed by atoms with Gasteiger partial charge in [0, 0.05) is 19.2 Å². The van der Waals surface area contributed by atoms with E-state index in [0.29, 0.717) is 5.82 Å². The van der Waals surface area contributed by atoms with Gasteiger partial charge in [0.25, 0.3) is 11.6 Å². The average molecular weight is 287 g/mol. The fraction of sp³-hybridized carbons (Fsp3) is 0.111. The molecule has 94 valence electrons. The van der Waals surface area contributed by atoms with E-state index in [1.54, 1.807) is 13.1 Å². The van der Waals surface area contributed by atoms with Crippen LogP contribution in [0.3, 0.4) is 0 Å². The van der Waals surface area contributed by atoms with Crippen LogP contribution in [0.2, 0.25) is 4.34 Å². The van der Waals surface area contributed by atoms with Gasteiger partial charge in [0.15, 0.2) is 4.34 Å². The first-order chi connectivity index (χ1) is 8.49. The average Bonchev–Trinajstić information content (AvgIpc) is 2.86. The fourth-order valence-corrected chi connectivity index (χ4v) is 2.39. The van der Waals surface area contributed by atoms with E-state index < -0.39 is 10.8 Å². The van der Waals surface area contributed by atoms with Gasteiger partial charge >= 0.3 is 0 Å². The number of carbonyl (C=O) groups excluding carboxylic acids is 1. The number of rotatable bonds is 3. The van der Waals surface area contributed by atoms with Gasteiger partial charge in [-0.25, -0.2) is 0 Å². The molecule has 2 aromatic rings. The van der Waals surface area contributed by atoms with Crippen molar-refractivity contribution >= 4 is 40.4 Å². The topological polar surface area (TPSA) is 90.1 Å². The smallest absolute Gasteiger partial charge is 0.299 e. The molecule has 0 radical (unpaired) electrons. The maximum Gasteiger partial charge on any atom is 0.299 e. The Hall–Kier alpha value is -1.93. The second-order valence-corrected chi connectivity index (χ2v) is 4.98. The number of thiophene rings is 1. The molecule has 0 atom stereocenters. The Morgan fingerprint density at radius 3 is 2.89 bits per heavy atom. The van der Waals surface area contributed by atoms with Crippen molar-refractivity contribution < 1.29 is 9.72 Å². The Labute approximate surface area is 110 Å². The van der Waals surface area contributed by atoms with Crippen molar-refractivity contribution in [3.05, 3.63) is 37.7 Å². The summed E-state index contributed by atoms with van der Waals surface area (Å²) in [5.74, 6) is 0.0331. The maximum atomic E-state index is 11.8. The Morgan fingerprint density at radius 2 is 2.39 bits per heavy atom. The van der Waals surface area contributed by atoms with Gasteiger partial charge in [-0.1, -0.05) is 11.6 Å².